The molecule has 0 aromatic heterocycles. The summed E-state index contributed by atoms with van der Waals surface area (Å²) in [6.45, 7) is 5.48. The van der Waals surface area contributed by atoms with Crippen molar-refractivity contribution >= 4 is 11.8 Å². The van der Waals surface area contributed by atoms with Gasteiger partial charge in [0.2, 0.25) is 11.8 Å². The van der Waals surface area contributed by atoms with Crippen LogP contribution in [-0.4, -0.2) is 28.8 Å². The number of rotatable bonds is 3. The highest BCUT2D eigenvalue weighted by molar-refractivity contribution is 5.97. The van der Waals surface area contributed by atoms with Crippen molar-refractivity contribution in [3.63, 3.8) is 0 Å². The molecule has 0 radical (unpaired) electrons. The van der Waals surface area contributed by atoms with Crippen LogP contribution in [0.5, 0.6) is 0 Å². The summed E-state index contributed by atoms with van der Waals surface area (Å²) in [7, 11) is 0. The van der Waals surface area contributed by atoms with E-state index in [4.69, 9.17) is 0 Å². The first-order valence-electron chi connectivity index (χ1n) is 6.75. The molecule has 2 amide bonds. The van der Waals surface area contributed by atoms with Gasteiger partial charge in [0.25, 0.3) is 0 Å². The van der Waals surface area contributed by atoms with Crippen molar-refractivity contribution in [2.24, 2.45) is 0 Å². The van der Waals surface area contributed by atoms with Crippen molar-refractivity contribution in [1.29, 1.82) is 0 Å². The molecule has 0 bridgehead atoms. The number of benzene rings is 1. The summed E-state index contributed by atoms with van der Waals surface area (Å²) in [5.74, 6) is -0.582. The number of halogens is 1. The molecule has 0 aliphatic carbocycles. The standard InChI is InChI=1S/C15H19FN2O2/c1-4-15(3)14(20)18(9-13(19)17-15)10(2)11-5-7-12(16)8-6-11/h5-8,10H,4,9H2,1-3H3,(H,17,19). The van der Waals surface area contributed by atoms with Gasteiger partial charge >= 0.3 is 0 Å². The maximum Gasteiger partial charge on any atom is 0.248 e. The number of amides is 2. The van der Waals surface area contributed by atoms with E-state index in [1.54, 1.807) is 24.0 Å². The van der Waals surface area contributed by atoms with Crippen LogP contribution in [0, 0.1) is 5.82 Å². The van der Waals surface area contributed by atoms with Gasteiger partial charge in [-0.25, -0.2) is 4.39 Å². The van der Waals surface area contributed by atoms with Crippen molar-refractivity contribution < 1.29 is 14.0 Å². The zero-order valence-corrected chi connectivity index (χ0v) is 11.9. The fourth-order valence-corrected chi connectivity index (χ4v) is 2.42. The SMILES string of the molecule is CCC1(C)NC(=O)CN(C(C)c2ccc(F)cc2)C1=O. The summed E-state index contributed by atoms with van der Waals surface area (Å²) in [5.41, 5.74) is -0.0446. The fraction of sp³-hybridized carbons (Fsp3) is 0.467. The Bertz CT molecular complexity index is 529. The number of hydrogen-bond acceptors (Lipinski definition) is 2. The van der Waals surface area contributed by atoms with Gasteiger partial charge in [-0.1, -0.05) is 19.1 Å². The van der Waals surface area contributed by atoms with E-state index >= 15 is 0 Å². The first kappa shape index (κ1) is 14.5. The van der Waals surface area contributed by atoms with E-state index in [1.165, 1.54) is 12.1 Å². The Morgan fingerprint density at radius 1 is 1.35 bits per heavy atom. The van der Waals surface area contributed by atoms with Crippen molar-refractivity contribution in [3.05, 3.63) is 35.6 Å². The van der Waals surface area contributed by atoms with Gasteiger partial charge in [0, 0.05) is 0 Å². The van der Waals surface area contributed by atoms with E-state index in [9.17, 15) is 14.0 Å². The monoisotopic (exact) mass is 278 g/mol. The normalized spacial score (nSPS) is 24.5. The number of carbonyl (C=O) groups excluding carboxylic acids is 2. The second-order valence-electron chi connectivity index (χ2n) is 5.39. The molecule has 1 aliphatic rings. The molecule has 4 nitrogen and oxygen atoms in total. The van der Waals surface area contributed by atoms with Gasteiger partial charge in [-0.15, -0.1) is 0 Å². The topological polar surface area (TPSA) is 49.4 Å². The van der Waals surface area contributed by atoms with Crippen molar-refractivity contribution in [1.82, 2.24) is 10.2 Å². The minimum absolute atomic E-state index is 0.0347. The molecule has 5 heteroatoms. The summed E-state index contributed by atoms with van der Waals surface area (Å²) in [4.78, 5) is 25.9. The largest absolute Gasteiger partial charge is 0.340 e. The molecule has 2 atom stereocenters. The highest BCUT2D eigenvalue weighted by Gasteiger charge is 2.43. The van der Waals surface area contributed by atoms with Crippen LogP contribution in [0.15, 0.2) is 24.3 Å². The van der Waals surface area contributed by atoms with Crippen LogP contribution in [-0.2, 0) is 9.59 Å². The molecule has 1 aromatic rings. The van der Waals surface area contributed by atoms with Gasteiger partial charge in [-0.3, -0.25) is 9.59 Å². The first-order valence-corrected chi connectivity index (χ1v) is 6.75. The zero-order chi connectivity index (χ0) is 14.9. The van der Waals surface area contributed by atoms with Crippen LogP contribution in [0.2, 0.25) is 0 Å². The molecule has 1 saturated heterocycles. The number of piperazine rings is 1. The van der Waals surface area contributed by atoms with Gasteiger partial charge in [0.15, 0.2) is 0 Å². The minimum Gasteiger partial charge on any atom is -0.340 e. The molecule has 0 saturated carbocycles. The summed E-state index contributed by atoms with van der Waals surface area (Å²) in [6.07, 6.45) is 0.532. The van der Waals surface area contributed by atoms with Crippen molar-refractivity contribution in [2.75, 3.05) is 6.54 Å². The smallest absolute Gasteiger partial charge is 0.248 e. The van der Waals surface area contributed by atoms with Gasteiger partial charge < -0.3 is 10.2 Å². The molecule has 108 valence electrons. The van der Waals surface area contributed by atoms with E-state index in [2.05, 4.69) is 5.32 Å². The Morgan fingerprint density at radius 3 is 2.50 bits per heavy atom. The fourth-order valence-electron chi connectivity index (χ4n) is 2.42. The average molecular weight is 278 g/mol. The minimum atomic E-state index is -0.858. The molecule has 1 N–H and O–H groups in total. The summed E-state index contributed by atoms with van der Waals surface area (Å²) in [5, 5.41) is 2.75. The van der Waals surface area contributed by atoms with Crippen LogP contribution in [0.25, 0.3) is 0 Å². The second kappa shape index (κ2) is 5.23. The Hall–Kier alpha value is -1.91. The predicted octanol–water partition coefficient (Wildman–Crippen LogP) is 2.01. The van der Waals surface area contributed by atoms with E-state index in [0.29, 0.717) is 6.42 Å². The maximum atomic E-state index is 13.0. The van der Waals surface area contributed by atoms with E-state index in [-0.39, 0.29) is 30.2 Å². The lowest BCUT2D eigenvalue weighted by Gasteiger charge is -2.42. The molecule has 20 heavy (non-hydrogen) atoms. The van der Waals surface area contributed by atoms with Crippen molar-refractivity contribution in [2.45, 2.75) is 38.8 Å². The third kappa shape index (κ3) is 2.53. The van der Waals surface area contributed by atoms with Crippen molar-refractivity contribution in [3.8, 4) is 0 Å². The summed E-state index contributed by atoms with van der Waals surface area (Å²) in [6, 6.07) is 5.74. The molecule has 2 rings (SSSR count). The number of hydrogen-bond donors (Lipinski definition) is 1. The van der Waals surface area contributed by atoms with Crippen LogP contribution in [0.1, 0.15) is 38.8 Å². The Labute approximate surface area is 118 Å². The Morgan fingerprint density at radius 2 is 1.95 bits per heavy atom. The van der Waals surface area contributed by atoms with Gasteiger partial charge in [-0.05, 0) is 38.0 Å². The third-order valence-corrected chi connectivity index (χ3v) is 3.99. The molecule has 1 aromatic carbocycles. The van der Waals surface area contributed by atoms with E-state index < -0.39 is 5.54 Å². The maximum absolute atomic E-state index is 13.0. The highest BCUT2D eigenvalue weighted by atomic mass is 19.1. The zero-order valence-electron chi connectivity index (χ0n) is 11.9. The molecule has 2 unspecified atom stereocenters. The lowest BCUT2D eigenvalue weighted by atomic mass is 9.92. The van der Waals surface area contributed by atoms with Gasteiger partial charge in [0.1, 0.15) is 17.9 Å². The number of carbonyl (C=O) groups is 2. The molecule has 1 fully saturated rings. The van der Waals surface area contributed by atoms with E-state index in [0.717, 1.165) is 5.56 Å². The lowest BCUT2D eigenvalue weighted by Crippen LogP contribution is -2.65. The second-order valence-corrected chi connectivity index (χ2v) is 5.39. The first-order chi connectivity index (χ1) is 9.37. The molecule has 1 aliphatic heterocycles. The van der Waals surface area contributed by atoms with Crippen LogP contribution >= 0.6 is 0 Å². The van der Waals surface area contributed by atoms with Crippen LogP contribution in [0.3, 0.4) is 0 Å². The Kier molecular flexibility index (Phi) is 3.79. The van der Waals surface area contributed by atoms with Gasteiger partial charge in [0.05, 0.1) is 6.04 Å². The molecule has 0 spiro atoms. The average Bonchev–Trinajstić information content (AvgIpc) is 2.43. The highest BCUT2D eigenvalue weighted by Crippen LogP contribution is 2.27. The summed E-state index contributed by atoms with van der Waals surface area (Å²) >= 11 is 0. The van der Waals surface area contributed by atoms with Gasteiger partial charge in [-0.2, -0.15) is 0 Å². The molecular weight excluding hydrogens is 259 g/mol. The predicted molar refractivity (Wildman–Crippen MR) is 73.4 cm³/mol. The number of nitrogens with one attached hydrogen (secondary N) is 1. The molecular formula is C15H19FN2O2. The quantitative estimate of drug-likeness (QED) is 0.919. The van der Waals surface area contributed by atoms with Crippen LogP contribution in [0.4, 0.5) is 4.39 Å². The summed E-state index contributed by atoms with van der Waals surface area (Å²) < 4.78 is 13.0. The van der Waals surface area contributed by atoms with Crippen LogP contribution < -0.4 is 5.32 Å². The Balaban J connectivity index is 2.28. The lowest BCUT2D eigenvalue weighted by molar-refractivity contribution is -0.151. The van der Waals surface area contributed by atoms with E-state index in [1.807, 2.05) is 13.8 Å². The molecule has 1 heterocycles. The third-order valence-electron chi connectivity index (χ3n) is 3.99. The number of nitrogens with zero attached hydrogens (tertiary/aromatic N) is 1.